The molecule has 0 bridgehead atoms. The van der Waals surface area contributed by atoms with Crippen molar-refractivity contribution in [3.05, 3.63) is 42.2 Å². The molecule has 1 N–H and O–H groups in total. The SMILES string of the molecule is CC1CC1CNCc1cncc2ccccc12. The van der Waals surface area contributed by atoms with Crippen molar-refractivity contribution in [1.29, 1.82) is 0 Å². The summed E-state index contributed by atoms with van der Waals surface area (Å²) in [6.45, 7) is 4.40. The average Bonchev–Trinajstić information content (AvgIpc) is 3.06. The van der Waals surface area contributed by atoms with Gasteiger partial charge in [-0.05, 0) is 35.8 Å². The number of nitrogens with one attached hydrogen (secondary N) is 1. The second kappa shape index (κ2) is 4.46. The van der Waals surface area contributed by atoms with E-state index in [0.717, 1.165) is 24.9 Å². The highest BCUT2D eigenvalue weighted by molar-refractivity contribution is 5.84. The molecule has 2 nitrogen and oxygen atoms in total. The van der Waals surface area contributed by atoms with Gasteiger partial charge in [0.2, 0.25) is 0 Å². The smallest absolute Gasteiger partial charge is 0.0346 e. The molecule has 1 heterocycles. The second-order valence-corrected chi connectivity index (χ2v) is 5.12. The summed E-state index contributed by atoms with van der Waals surface area (Å²) in [5.74, 6) is 1.83. The van der Waals surface area contributed by atoms with E-state index in [2.05, 4.69) is 41.5 Å². The van der Waals surface area contributed by atoms with Crippen molar-refractivity contribution in [2.24, 2.45) is 11.8 Å². The Morgan fingerprint density at radius 3 is 2.94 bits per heavy atom. The molecule has 2 aromatic rings. The lowest BCUT2D eigenvalue weighted by atomic mass is 10.1. The number of hydrogen-bond acceptors (Lipinski definition) is 2. The quantitative estimate of drug-likeness (QED) is 0.867. The van der Waals surface area contributed by atoms with Crippen LogP contribution in [0.15, 0.2) is 36.7 Å². The highest BCUT2D eigenvalue weighted by Crippen LogP contribution is 2.36. The molecule has 1 aliphatic rings. The molecule has 1 fully saturated rings. The normalized spacial score (nSPS) is 22.9. The zero-order valence-corrected chi connectivity index (χ0v) is 10.2. The molecular weight excluding hydrogens is 208 g/mol. The van der Waals surface area contributed by atoms with Gasteiger partial charge in [-0.2, -0.15) is 0 Å². The summed E-state index contributed by atoms with van der Waals surface area (Å²) in [4.78, 5) is 4.30. The average molecular weight is 226 g/mol. The number of rotatable bonds is 4. The molecule has 0 spiro atoms. The Morgan fingerprint density at radius 1 is 1.29 bits per heavy atom. The minimum Gasteiger partial charge on any atom is -0.312 e. The number of benzene rings is 1. The van der Waals surface area contributed by atoms with E-state index in [1.54, 1.807) is 0 Å². The van der Waals surface area contributed by atoms with Crippen LogP contribution in [0.5, 0.6) is 0 Å². The van der Waals surface area contributed by atoms with Crippen LogP contribution in [0.25, 0.3) is 10.8 Å². The van der Waals surface area contributed by atoms with Crippen molar-refractivity contribution in [2.75, 3.05) is 6.54 Å². The summed E-state index contributed by atoms with van der Waals surface area (Å²) in [7, 11) is 0. The van der Waals surface area contributed by atoms with Crippen LogP contribution in [0, 0.1) is 11.8 Å². The van der Waals surface area contributed by atoms with Gasteiger partial charge in [0.15, 0.2) is 0 Å². The second-order valence-electron chi connectivity index (χ2n) is 5.12. The third-order valence-electron chi connectivity index (χ3n) is 3.75. The Labute approximate surface area is 102 Å². The molecule has 2 unspecified atom stereocenters. The fourth-order valence-corrected chi connectivity index (χ4v) is 2.40. The van der Waals surface area contributed by atoms with Crippen molar-refractivity contribution in [3.63, 3.8) is 0 Å². The minimum atomic E-state index is 0.901. The molecule has 88 valence electrons. The summed E-state index contributed by atoms with van der Waals surface area (Å²) in [5.41, 5.74) is 1.30. The molecule has 1 aliphatic carbocycles. The summed E-state index contributed by atoms with van der Waals surface area (Å²) in [6, 6.07) is 8.45. The van der Waals surface area contributed by atoms with Crippen molar-refractivity contribution in [1.82, 2.24) is 10.3 Å². The van der Waals surface area contributed by atoms with Crippen LogP contribution in [0.4, 0.5) is 0 Å². The Kier molecular flexibility index (Phi) is 2.81. The first-order valence-corrected chi connectivity index (χ1v) is 6.37. The molecule has 1 saturated carbocycles. The van der Waals surface area contributed by atoms with E-state index < -0.39 is 0 Å². The molecule has 2 atom stereocenters. The van der Waals surface area contributed by atoms with E-state index >= 15 is 0 Å². The number of pyridine rings is 1. The predicted octanol–water partition coefficient (Wildman–Crippen LogP) is 2.98. The molecule has 1 aromatic heterocycles. The molecule has 2 heteroatoms. The third kappa shape index (κ3) is 2.32. The fraction of sp³-hybridized carbons (Fsp3) is 0.400. The molecule has 3 rings (SSSR count). The first-order chi connectivity index (χ1) is 8.34. The van der Waals surface area contributed by atoms with Crippen LogP contribution < -0.4 is 5.32 Å². The fourth-order valence-electron chi connectivity index (χ4n) is 2.40. The van der Waals surface area contributed by atoms with Gasteiger partial charge in [0.05, 0.1) is 0 Å². The van der Waals surface area contributed by atoms with Gasteiger partial charge in [-0.15, -0.1) is 0 Å². The van der Waals surface area contributed by atoms with Crippen molar-refractivity contribution < 1.29 is 0 Å². The van der Waals surface area contributed by atoms with Crippen molar-refractivity contribution in [2.45, 2.75) is 19.9 Å². The molecule has 0 amide bonds. The zero-order valence-electron chi connectivity index (χ0n) is 10.2. The molecule has 0 radical (unpaired) electrons. The Balaban J connectivity index is 1.71. The standard InChI is InChI=1S/C15H18N2/c1-11-6-13(11)8-17-10-14-9-16-7-12-4-2-3-5-15(12)14/h2-5,7,9,11,13,17H,6,8,10H2,1H3. The molecular formula is C15H18N2. The van der Waals surface area contributed by atoms with E-state index in [-0.39, 0.29) is 0 Å². The molecule has 0 aliphatic heterocycles. The zero-order chi connectivity index (χ0) is 11.7. The van der Waals surface area contributed by atoms with Crippen molar-refractivity contribution >= 4 is 10.8 Å². The van der Waals surface area contributed by atoms with Crippen LogP contribution in [-0.4, -0.2) is 11.5 Å². The van der Waals surface area contributed by atoms with E-state index in [9.17, 15) is 0 Å². The maximum absolute atomic E-state index is 4.30. The topological polar surface area (TPSA) is 24.9 Å². The summed E-state index contributed by atoms with van der Waals surface area (Å²) < 4.78 is 0. The molecule has 17 heavy (non-hydrogen) atoms. The van der Waals surface area contributed by atoms with E-state index in [0.29, 0.717) is 0 Å². The van der Waals surface area contributed by atoms with Crippen LogP contribution >= 0.6 is 0 Å². The molecule has 1 aromatic carbocycles. The van der Waals surface area contributed by atoms with Gasteiger partial charge in [-0.3, -0.25) is 4.98 Å². The van der Waals surface area contributed by atoms with Crippen molar-refractivity contribution in [3.8, 4) is 0 Å². The summed E-state index contributed by atoms with van der Waals surface area (Å²) in [6.07, 6.45) is 5.30. The highest BCUT2D eigenvalue weighted by atomic mass is 14.9. The van der Waals surface area contributed by atoms with Gasteiger partial charge in [0.1, 0.15) is 0 Å². The Morgan fingerprint density at radius 2 is 2.12 bits per heavy atom. The largest absolute Gasteiger partial charge is 0.312 e. The maximum Gasteiger partial charge on any atom is 0.0346 e. The van der Waals surface area contributed by atoms with Gasteiger partial charge in [-0.1, -0.05) is 31.2 Å². The minimum absolute atomic E-state index is 0.901. The van der Waals surface area contributed by atoms with Gasteiger partial charge in [0.25, 0.3) is 0 Å². The van der Waals surface area contributed by atoms with Crippen LogP contribution in [0.3, 0.4) is 0 Å². The van der Waals surface area contributed by atoms with Crippen LogP contribution in [0.2, 0.25) is 0 Å². The lowest BCUT2D eigenvalue weighted by Crippen LogP contribution is -2.17. The third-order valence-corrected chi connectivity index (χ3v) is 3.75. The Hall–Kier alpha value is -1.41. The lowest BCUT2D eigenvalue weighted by molar-refractivity contribution is 0.613. The monoisotopic (exact) mass is 226 g/mol. The first-order valence-electron chi connectivity index (χ1n) is 6.37. The van der Waals surface area contributed by atoms with Gasteiger partial charge in [-0.25, -0.2) is 0 Å². The van der Waals surface area contributed by atoms with E-state index in [4.69, 9.17) is 0 Å². The van der Waals surface area contributed by atoms with Gasteiger partial charge >= 0.3 is 0 Å². The van der Waals surface area contributed by atoms with Crippen LogP contribution in [-0.2, 0) is 6.54 Å². The highest BCUT2D eigenvalue weighted by Gasteiger charge is 2.31. The number of fused-ring (bicyclic) bond motifs is 1. The number of hydrogen-bond donors (Lipinski definition) is 1. The maximum atomic E-state index is 4.30. The van der Waals surface area contributed by atoms with Crippen LogP contribution in [0.1, 0.15) is 18.9 Å². The summed E-state index contributed by atoms with van der Waals surface area (Å²) >= 11 is 0. The summed E-state index contributed by atoms with van der Waals surface area (Å²) in [5, 5.41) is 6.09. The lowest BCUT2D eigenvalue weighted by Gasteiger charge is -2.07. The van der Waals surface area contributed by atoms with Gasteiger partial charge < -0.3 is 5.32 Å². The number of aromatic nitrogens is 1. The Bertz CT molecular complexity index is 516. The first kappa shape index (κ1) is 10.7. The molecule has 0 saturated heterocycles. The number of nitrogens with zero attached hydrogens (tertiary/aromatic N) is 1. The van der Waals surface area contributed by atoms with E-state index in [1.807, 2.05) is 12.4 Å². The van der Waals surface area contributed by atoms with E-state index in [1.165, 1.54) is 22.8 Å². The van der Waals surface area contributed by atoms with Gasteiger partial charge in [0, 0.05) is 24.3 Å². The predicted molar refractivity (Wildman–Crippen MR) is 70.7 cm³/mol.